The van der Waals surface area contributed by atoms with Crippen LogP contribution in [0.25, 0.3) is 0 Å². The van der Waals surface area contributed by atoms with Crippen LogP contribution in [0.1, 0.15) is 16.7 Å². The average molecular weight is 230 g/mol. The summed E-state index contributed by atoms with van der Waals surface area (Å²) in [6.45, 7) is 1.61. The molecule has 0 radical (unpaired) electrons. The van der Waals surface area contributed by atoms with E-state index in [1.165, 1.54) is 0 Å². The molecule has 0 aliphatic heterocycles. The highest BCUT2D eigenvalue weighted by atomic mass is 32.1. The Bertz CT molecular complexity index is 410. The summed E-state index contributed by atoms with van der Waals surface area (Å²) in [5.41, 5.74) is 0.260. The zero-order chi connectivity index (χ0) is 11.5. The van der Waals surface area contributed by atoms with Gasteiger partial charge in [0.25, 0.3) is 0 Å². The van der Waals surface area contributed by atoms with Crippen molar-refractivity contribution in [2.45, 2.75) is 13.1 Å². The van der Waals surface area contributed by atoms with Gasteiger partial charge in [-0.2, -0.15) is 25.8 Å². The maximum absolute atomic E-state index is 12.4. The fourth-order valence-corrected chi connectivity index (χ4v) is 1.24. The topological polar surface area (TPSA) is 0 Å². The Kier molecular flexibility index (Phi) is 3.70. The van der Waals surface area contributed by atoms with E-state index in [1.807, 2.05) is 0 Å². The first-order valence-corrected chi connectivity index (χ1v) is 4.85. The highest BCUT2D eigenvalue weighted by Crippen LogP contribution is 2.30. The minimum atomic E-state index is -4.32. The molecule has 0 saturated carbocycles. The molecule has 0 aliphatic carbocycles. The van der Waals surface area contributed by atoms with Crippen LogP contribution in [-0.4, -0.2) is 5.75 Å². The molecule has 0 nitrogen and oxygen atoms in total. The van der Waals surface area contributed by atoms with E-state index in [0.717, 1.165) is 12.1 Å². The van der Waals surface area contributed by atoms with E-state index in [2.05, 4.69) is 24.5 Å². The first-order chi connectivity index (χ1) is 6.93. The van der Waals surface area contributed by atoms with Crippen LogP contribution in [0.3, 0.4) is 0 Å². The van der Waals surface area contributed by atoms with Crippen molar-refractivity contribution in [3.05, 3.63) is 34.9 Å². The second-order valence-electron chi connectivity index (χ2n) is 3.05. The lowest BCUT2D eigenvalue weighted by atomic mass is 10.1. The molecule has 1 aromatic rings. The fourth-order valence-electron chi connectivity index (χ4n) is 1.16. The molecule has 0 unspecified atom stereocenters. The number of hydrogen-bond donors (Lipinski definition) is 1. The van der Waals surface area contributed by atoms with E-state index >= 15 is 0 Å². The lowest BCUT2D eigenvalue weighted by molar-refractivity contribution is -0.137. The molecule has 0 heterocycles. The summed E-state index contributed by atoms with van der Waals surface area (Å²) >= 11 is 3.86. The normalized spacial score (nSPS) is 10.7. The molecule has 0 atom stereocenters. The second-order valence-corrected chi connectivity index (χ2v) is 3.36. The molecule has 4 heteroatoms. The quantitative estimate of drug-likeness (QED) is 0.513. The highest BCUT2D eigenvalue weighted by Gasteiger charge is 2.30. The smallest absolute Gasteiger partial charge is 0.166 e. The number of halogens is 3. The second kappa shape index (κ2) is 4.63. The predicted octanol–water partition coefficient (Wildman–Crippen LogP) is 3.30. The Morgan fingerprint density at radius 3 is 2.47 bits per heavy atom. The van der Waals surface area contributed by atoms with Gasteiger partial charge in [-0.15, -0.1) is 0 Å². The van der Waals surface area contributed by atoms with E-state index < -0.39 is 11.7 Å². The maximum Gasteiger partial charge on any atom is 0.416 e. The third-order valence-corrected chi connectivity index (χ3v) is 1.87. The number of rotatable bonds is 0. The van der Waals surface area contributed by atoms with Crippen molar-refractivity contribution >= 4 is 12.6 Å². The van der Waals surface area contributed by atoms with Crippen LogP contribution in [0.4, 0.5) is 13.2 Å². The molecule has 0 amide bonds. The first-order valence-electron chi connectivity index (χ1n) is 4.22. The van der Waals surface area contributed by atoms with E-state index in [-0.39, 0.29) is 0 Å². The summed E-state index contributed by atoms with van der Waals surface area (Å²) in [4.78, 5) is 0. The molecular formula is C11H9F3S. The van der Waals surface area contributed by atoms with Gasteiger partial charge in [0.2, 0.25) is 0 Å². The molecule has 0 aromatic heterocycles. The molecule has 0 aliphatic rings. The van der Waals surface area contributed by atoms with E-state index in [4.69, 9.17) is 0 Å². The van der Waals surface area contributed by atoms with Gasteiger partial charge in [0.1, 0.15) is 0 Å². The average Bonchev–Trinajstić information content (AvgIpc) is 2.12. The van der Waals surface area contributed by atoms with Crippen molar-refractivity contribution in [3.8, 4) is 11.8 Å². The Labute approximate surface area is 91.9 Å². The largest absolute Gasteiger partial charge is 0.416 e. The van der Waals surface area contributed by atoms with Crippen LogP contribution < -0.4 is 0 Å². The van der Waals surface area contributed by atoms with Crippen LogP contribution in [0.15, 0.2) is 18.2 Å². The summed E-state index contributed by atoms with van der Waals surface area (Å²) < 4.78 is 37.2. The fraction of sp³-hybridized carbons (Fsp3) is 0.273. The van der Waals surface area contributed by atoms with Gasteiger partial charge in [-0.25, -0.2) is 0 Å². The maximum atomic E-state index is 12.4. The zero-order valence-electron chi connectivity index (χ0n) is 8.02. The lowest BCUT2D eigenvalue weighted by Gasteiger charge is -2.07. The number of benzene rings is 1. The Morgan fingerprint density at radius 1 is 1.27 bits per heavy atom. The third-order valence-electron chi connectivity index (χ3n) is 1.72. The van der Waals surface area contributed by atoms with Crippen LogP contribution >= 0.6 is 12.6 Å². The molecule has 0 N–H and O–H groups in total. The summed E-state index contributed by atoms with van der Waals surface area (Å²) in [5, 5.41) is 0. The van der Waals surface area contributed by atoms with Crippen molar-refractivity contribution in [2.75, 3.05) is 5.75 Å². The Morgan fingerprint density at radius 2 is 1.93 bits per heavy atom. The minimum absolute atomic E-state index is 0.329. The monoisotopic (exact) mass is 230 g/mol. The van der Waals surface area contributed by atoms with Crippen molar-refractivity contribution in [2.24, 2.45) is 0 Å². The molecule has 0 bridgehead atoms. The van der Waals surface area contributed by atoms with Crippen molar-refractivity contribution < 1.29 is 13.2 Å². The molecule has 1 aromatic carbocycles. The van der Waals surface area contributed by atoms with Crippen LogP contribution in [0.2, 0.25) is 0 Å². The van der Waals surface area contributed by atoms with Gasteiger partial charge < -0.3 is 0 Å². The Balaban J connectivity index is 3.17. The van der Waals surface area contributed by atoms with E-state index in [9.17, 15) is 13.2 Å². The number of hydrogen-bond acceptors (Lipinski definition) is 1. The zero-order valence-corrected chi connectivity index (χ0v) is 8.91. The number of thiol groups is 1. The van der Waals surface area contributed by atoms with Gasteiger partial charge in [0, 0.05) is 5.56 Å². The lowest BCUT2D eigenvalue weighted by Crippen LogP contribution is -2.05. The van der Waals surface area contributed by atoms with Gasteiger partial charge in [0.05, 0.1) is 11.3 Å². The third kappa shape index (κ3) is 3.52. The van der Waals surface area contributed by atoms with Crippen LogP contribution in [-0.2, 0) is 6.18 Å². The van der Waals surface area contributed by atoms with Gasteiger partial charge in [0.15, 0.2) is 0 Å². The molecule has 0 spiro atoms. The highest BCUT2D eigenvalue weighted by molar-refractivity contribution is 7.80. The SMILES string of the molecule is Cc1cc(C#CCS)cc(C(F)(F)F)c1. The molecular weight excluding hydrogens is 221 g/mol. The predicted molar refractivity (Wildman–Crippen MR) is 56.9 cm³/mol. The van der Waals surface area contributed by atoms with Crippen LogP contribution in [0.5, 0.6) is 0 Å². The van der Waals surface area contributed by atoms with Crippen LogP contribution in [0, 0.1) is 18.8 Å². The van der Waals surface area contributed by atoms with Crippen molar-refractivity contribution in [1.82, 2.24) is 0 Å². The van der Waals surface area contributed by atoms with Gasteiger partial charge in [-0.05, 0) is 30.7 Å². The summed E-state index contributed by atoms with van der Waals surface area (Å²) in [5.74, 6) is 5.57. The molecule has 0 fully saturated rings. The number of alkyl halides is 3. The van der Waals surface area contributed by atoms with Gasteiger partial charge in [-0.3, -0.25) is 0 Å². The molecule has 80 valence electrons. The molecule has 1 rings (SSSR count). The van der Waals surface area contributed by atoms with Gasteiger partial charge in [-0.1, -0.05) is 11.8 Å². The van der Waals surface area contributed by atoms with Gasteiger partial charge >= 0.3 is 6.18 Å². The Hall–Kier alpha value is -1.08. The van der Waals surface area contributed by atoms with E-state index in [1.54, 1.807) is 13.0 Å². The standard InChI is InChI=1S/C11H9F3S/c1-8-5-9(3-2-4-15)7-10(6-8)11(12,13)14/h5-7,15H,4H2,1H3. The number of aryl methyl sites for hydroxylation is 1. The summed E-state index contributed by atoms with van der Waals surface area (Å²) in [6.07, 6.45) is -4.32. The van der Waals surface area contributed by atoms with Crippen molar-refractivity contribution in [3.63, 3.8) is 0 Å². The molecule has 15 heavy (non-hydrogen) atoms. The summed E-state index contributed by atoms with van der Waals surface area (Å²) in [7, 11) is 0. The first kappa shape index (κ1) is 12.0. The van der Waals surface area contributed by atoms with E-state index in [0.29, 0.717) is 16.9 Å². The summed E-state index contributed by atoms with van der Waals surface area (Å²) in [6, 6.07) is 3.76. The van der Waals surface area contributed by atoms with Crippen molar-refractivity contribution in [1.29, 1.82) is 0 Å². The minimum Gasteiger partial charge on any atom is -0.166 e. The molecule has 0 saturated heterocycles.